The van der Waals surface area contributed by atoms with Gasteiger partial charge in [-0.3, -0.25) is 0 Å². The van der Waals surface area contributed by atoms with Gasteiger partial charge in [0.15, 0.2) is 0 Å². The van der Waals surface area contributed by atoms with Crippen LogP contribution in [0.4, 0.5) is 0 Å². The predicted molar refractivity (Wildman–Crippen MR) is 138 cm³/mol. The van der Waals surface area contributed by atoms with Crippen LogP contribution in [0.25, 0.3) is 17.2 Å². The molecule has 0 nitrogen and oxygen atoms in total. The molecule has 1 aliphatic rings. The minimum absolute atomic E-state index is 0.621. The average molecular weight is 421 g/mol. The van der Waals surface area contributed by atoms with Gasteiger partial charge < -0.3 is 0 Å². The highest BCUT2D eigenvalue weighted by molar-refractivity contribution is 6.91. The summed E-state index contributed by atoms with van der Waals surface area (Å²) in [6.07, 6.45) is 6.00. The van der Waals surface area contributed by atoms with Gasteiger partial charge in [0.25, 0.3) is 0 Å². The molecule has 0 spiro atoms. The van der Waals surface area contributed by atoms with Crippen molar-refractivity contribution in [2.75, 3.05) is 0 Å². The molecule has 0 saturated heterocycles. The fourth-order valence-electron chi connectivity index (χ4n) is 4.31. The van der Waals surface area contributed by atoms with Crippen LogP contribution in [0.1, 0.15) is 43.9 Å². The van der Waals surface area contributed by atoms with Crippen molar-refractivity contribution in [1.29, 1.82) is 0 Å². The van der Waals surface area contributed by atoms with Crippen molar-refractivity contribution in [3.63, 3.8) is 0 Å². The van der Waals surface area contributed by atoms with Crippen LogP contribution in [-0.4, -0.2) is 16.1 Å². The molecule has 3 rings (SSSR count). The Bertz CT molecular complexity index is 902. The third kappa shape index (κ3) is 4.69. The first-order valence-electron chi connectivity index (χ1n) is 11.4. The van der Waals surface area contributed by atoms with Gasteiger partial charge in [-0.25, -0.2) is 0 Å². The fraction of sp³-hybridized carbons (Fsp3) is 0.481. The maximum Gasteiger partial charge on any atom is 0.0776 e. The van der Waals surface area contributed by atoms with E-state index in [0.29, 0.717) is 5.92 Å². The molecular formula is C27H40Si2. The van der Waals surface area contributed by atoms with Crippen molar-refractivity contribution in [3.05, 3.63) is 52.6 Å². The van der Waals surface area contributed by atoms with Gasteiger partial charge in [0, 0.05) is 0 Å². The molecule has 2 aromatic rings. The Morgan fingerprint density at radius 2 is 1.45 bits per heavy atom. The summed E-state index contributed by atoms with van der Waals surface area (Å²) < 4.78 is 0. The van der Waals surface area contributed by atoms with Gasteiger partial charge in [0.05, 0.1) is 16.1 Å². The molecule has 0 heterocycles. The van der Waals surface area contributed by atoms with Crippen molar-refractivity contribution in [2.45, 2.75) is 79.3 Å². The van der Waals surface area contributed by atoms with E-state index in [-0.39, 0.29) is 0 Å². The van der Waals surface area contributed by atoms with Crippen molar-refractivity contribution < 1.29 is 0 Å². The second kappa shape index (κ2) is 8.04. The highest BCUT2D eigenvalue weighted by atomic mass is 28.3. The summed E-state index contributed by atoms with van der Waals surface area (Å²) in [6, 6.07) is 12.5. The van der Waals surface area contributed by atoms with Crippen LogP contribution in [0.2, 0.25) is 39.3 Å². The van der Waals surface area contributed by atoms with Crippen LogP contribution in [-0.2, 0) is 12.8 Å². The van der Waals surface area contributed by atoms with Crippen molar-refractivity contribution in [3.8, 4) is 11.1 Å². The lowest BCUT2D eigenvalue weighted by Crippen LogP contribution is -2.45. The molecule has 1 aliphatic carbocycles. The largest absolute Gasteiger partial charge is 0.0776 e. The van der Waals surface area contributed by atoms with E-state index in [9.17, 15) is 0 Å². The zero-order chi connectivity index (χ0) is 21.6. The molecule has 2 heteroatoms. The third-order valence-electron chi connectivity index (χ3n) is 6.36. The van der Waals surface area contributed by atoms with E-state index in [1.807, 2.05) is 0 Å². The van der Waals surface area contributed by atoms with E-state index in [1.165, 1.54) is 34.2 Å². The summed E-state index contributed by atoms with van der Waals surface area (Å²) in [5.41, 5.74) is 9.15. The van der Waals surface area contributed by atoms with Crippen molar-refractivity contribution >= 4 is 32.6 Å². The normalized spacial score (nSPS) is 14.3. The van der Waals surface area contributed by atoms with Crippen molar-refractivity contribution in [1.82, 2.24) is 0 Å². The topological polar surface area (TPSA) is 0 Å². The zero-order valence-electron chi connectivity index (χ0n) is 20.2. The Kier molecular flexibility index (Phi) is 6.18. The summed E-state index contributed by atoms with van der Waals surface area (Å²) >= 11 is 0. The van der Waals surface area contributed by atoms with E-state index in [2.05, 4.69) is 96.5 Å². The molecule has 0 N–H and O–H groups in total. The molecule has 29 heavy (non-hydrogen) atoms. The lowest BCUT2D eigenvalue weighted by atomic mass is 9.90. The van der Waals surface area contributed by atoms with Gasteiger partial charge in [-0.05, 0) is 46.6 Å². The molecule has 0 radical (unpaired) electrons. The number of rotatable bonds is 6. The lowest BCUT2D eigenvalue weighted by Gasteiger charge is -2.25. The Hall–Kier alpha value is -1.39. The summed E-state index contributed by atoms with van der Waals surface area (Å²) in [5, 5.41) is 3.22. The van der Waals surface area contributed by atoms with Gasteiger partial charge in [-0.15, -0.1) is 0 Å². The molecule has 0 amide bonds. The van der Waals surface area contributed by atoms with Crippen LogP contribution in [0.3, 0.4) is 0 Å². The van der Waals surface area contributed by atoms with E-state index < -0.39 is 16.1 Å². The minimum Gasteiger partial charge on any atom is -0.0656 e. The predicted octanol–water partition coefficient (Wildman–Crippen LogP) is 6.99. The first-order valence-corrected chi connectivity index (χ1v) is 18.4. The van der Waals surface area contributed by atoms with Gasteiger partial charge >= 0.3 is 0 Å². The quantitative estimate of drug-likeness (QED) is 0.442. The highest BCUT2D eigenvalue weighted by Gasteiger charge is 2.26. The Labute approximate surface area is 181 Å². The van der Waals surface area contributed by atoms with Gasteiger partial charge in [-0.1, -0.05) is 119 Å². The molecule has 2 aromatic carbocycles. The number of benzene rings is 2. The number of hydrogen-bond acceptors (Lipinski definition) is 0. The standard InChI is InChI=1S/C27H40Si2/c1-10-11-20-12-13-21-14-22(19(2)3)17-26(21)27(20)23-15-24(28(4,5)6)18-25(16-23)29(7,8)9/h12-13,15-19H,10-11,14H2,1-9H3. The summed E-state index contributed by atoms with van der Waals surface area (Å²) in [4.78, 5) is 0. The molecule has 0 aliphatic heterocycles. The van der Waals surface area contributed by atoms with E-state index in [0.717, 1.165) is 12.8 Å². The van der Waals surface area contributed by atoms with Crippen LogP contribution in [0.5, 0.6) is 0 Å². The summed E-state index contributed by atoms with van der Waals surface area (Å²) in [6.45, 7) is 21.9. The van der Waals surface area contributed by atoms with Gasteiger partial charge in [0.2, 0.25) is 0 Å². The molecule has 156 valence electrons. The monoisotopic (exact) mass is 420 g/mol. The molecule has 0 atom stereocenters. The van der Waals surface area contributed by atoms with E-state index >= 15 is 0 Å². The van der Waals surface area contributed by atoms with E-state index in [4.69, 9.17) is 0 Å². The molecule has 0 bridgehead atoms. The maximum absolute atomic E-state index is 2.56. The number of allylic oxidation sites excluding steroid dienone is 1. The Balaban J connectivity index is 2.32. The van der Waals surface area contributed by atoms with Crippen LogP contribution in [0, 0.1) is 5.92 Å². The summed E-state index contributed by atoms with van der Waals surface area (Å²) in [7, 11) is -2.79. The molecular weight excluding hydrogens is 380 g/mol. The number of hydrogen-bond donors (Lipinski definition) is 0. The SMILES string of the molecule is CCCc1ccc2c(c1-c1cc([Si](C)(C)C)cc([Si](C)(C)C)c1)C=C(C(C)C)C2. The Morgan fingerprint density at radius 1 is 0.862 bits per heavy atom. The molecule has 0 aromatic heterocycles. The molecule has 0 fully saturated rings. The molecule has 0 saturated carbocycles. The van der Waals surface area contributed by atoms with Crippen molar-refractivity contribution in [2.24, 2.45) is 5.92 Å². The first kappa shape index (κ1) is 22.3. The second-order valence-corrected chi connectivity index (χ2v) is 21.4. The first-order chi connectivity index (χ1) is 13.4. The maximum atomic E-state index is 2.56. The van der Waals surface area contributed by atoms with Crippen LogP contribution < -0.4 is 10.4 Å². The summed E-state index contributed by atoms with van der Waals surface area (Å²) in [5.74, 6) is 0.621. The Morgan fingerprint density at radius 3 is 1.93 bits per heavy atom. The third-order valence-corrected chi connectivity index (χ3v) is 10.4. The number of fused-ring (bicyclic) bond motifs is 1. The van der Waals surface area contributed by atoms with Crippen LogP contribution >= 0.6 is 0 Å². The highest BCUT2D eigenvalue weighted by Crippen LogP contribution is 2.39. The van der Waals surface area contributed by atoms with Gasteiger partial charge in [0.1, 0.15) is 0 Å². The van der Waals surface area contributed by atoms with E-state index in [1.54, 1.807) is 15.9 Å². The fourth-order valence-corrected chi connectivity index (χ4v) is 6.81. The minimum atomic E-state index is -1.39. The zero-order valence-corrected chi connectivity index (χ0v) is 22.2. The second-order valence-electron chi connectivity index (χ2n) is 11.3. The van der Waals surface area contributed by atoms with Crippen LogP contribution in [0.15, 0.2) is 35.9 Å². The molecule has 0 unspecified atom stereocenters. The lowest BCUT2D eigenvalue weighted by molar-refractivity contribution is 0.754. The number of aryl methyl sites for hydroxylation is 1. The average Bonchev–Trinajstić information content (AvgIpc) is 3.04. The smallest absolute Gasteiger partial charge is 0.0656 e. The van der Waals surface area contributed by atoms with Gasteiger partial charge in [-0.2, -0.15) is 0 Å².